The molecule has 4 atom stereocenters. The molecule has 2 bridgehead atoms. The van der Waals surface area contributed by atoms with Gasteiger partial charge in [0.15, 0.2) is 0 Å². The maximum atomic E-state index is 12.6. The summed E-state index contributed by atoms with van der Waals surface area (Å²) in [6.45, 7) is 0.378. The van der Waals surface area contributed by atoms with Crippen LogP contribution < -0.4 is 4.74 Å². The molecule has 1 heterocycles. The van der Waals surface area contributed by atoms with Crippen LogP contribution in [0.15, 0.2) is 65.8 Å². The minimum Gasteiger partial charge on any atom is -0.489 e. The van der Waals surface area contributed by atoms with Crippen LogP contribution in [0.3, 0.4) is 0 Å². The molecule has 5 nitrogen and oxygen atoms in total. The van der Waals surface area contributed by atoms with E-state index in [0.29, 0.717) is 17.4 Å². The first-order chi connectivity index (χ1) is 14.1. The lowest BCUT2D eigenvalue weighted by molar-refractivity contribution is -0.140. The Balaban J connectivity index is 1.23. The Bertz CT molecular complexity index is 1000. The van der Waals surface area contributed by atoms with E-state index >= 15 is 0 Å². The van der Waals surface area contributed by atoms with Crippen LogP contribution in [0.25, 0.3) is 0 Å². The van der Waals surface area contributed by atoms with Gasteiger partial charge in [-0.2, -0.15) is 10.1 Å². The van der Waals surface area contributed by atoms with Crippen molar-refractivity contribution in [2.24, 2.45) is 28.8 Å². The molecule has 0 radical (unpaired) electrons. The molecule has 6 heteroatoms. The summed E-state index contributed by atoms with van der Waals surface area (Å²) in [6.07, 6.45) is 6.61. The molecule has 1 saturated heterocycles. The van der Waals surface area contributed by atoms with Gasteiger partial charge in [0.2, 0.25) is 0 Å². The Morgan fingerprint density at radius 2 is 1.66 bits per heavy atom. The maximum Gasteiger partial charge on any atom is 0.254 e. The second kappa shape index (κ2) is 7.16. The third-order valence-corrected chi connectivity index (χ3v) is 6.37. The zero-order valence-electron chi connectivity index (χ0n) is 15.6. The van der Waals surface area contributed by atoms with Gasteiger partial charge >= 0.3 is 0 Å². The van der Waals surface area contributed by atoms with E-state index in [1.54, 1.807) is 6.21 Å². The summed E-state index contributed by atoms with van der Waals surface area (Å²) >= 11 is 6.14. The SMILES string of the molecule is O=C1[C@@H]2[C@H](C(=O)N1N=Cc1ccc(OCc3ccccc3Cl)cc1)[C@H]1C=C[C@H]2C1. The van der Waals surface area contributed by atoms with Crippen molar-refractivity contribution in [1.82, 2.24) is 5.01 Å². The van der Waals surface area contributed by atoms with Crippen LogP contribution in [0, 0.1) is 23.7 Å². The number of hydrogen-bond acceptors (Lipinski definition) is 4. The minimum absolute atomic E-state index is 0.173. The number of halogens is 1. The third-order valence-electron chi connectivity index (χ3n) is 6.00. The average Bonchev–Trinajstić information content (AvgIpc) is 3.41. The van der Waals surface area contributed by atoms with E-state index in [2.05, 4.69) is 17.3 Å². The lowest BCUT2D eigenvalue weighted by Crippen LogP contribution is -2.28. The lowest BCUT2D eigenvalue weighted by atomic mass is 9.85. The number of imide groups is 1. The predicted octanol–water partition coefficient (Wildman–Crippen LogP) is 4.06. The monoisotopic (exact) mass is 406 g/mol. The third kappa shape index (κ3) is 3.15. The van der Waals surface area contributed by atoms with E-state index in [0.717, 1.165) is 22.6 Å². The van der Waals surface area contributed by atoms with Gasteiger partial charge in [-0.3, -0.25) is 9.59 Å². The Kier molecular flexibility index (Phi) is 4.47. The van der Waals surface area contributed by atoms with Crippen molar-refractivity contribution in [3.63, 3.8) is 0 Å². The smallest absolute Gasteiger partial charge is 0.254 e. The number of rotatable bonds is 5. The second-order valence-corrected chi connectivity index (χ2v) is 8.09. The quantitative estimate of drug-likeness (QED) is 0.427. The maximum absolute atomic E-state index is 12.6. The van der Waals surface area contributed by atoms with Crippen molar-refractivity contribution < 1.29 is 14.3 Å². The fraction of sp³-hybridized carbons (Fsp3) is 0.261. The van der Waals surface area contributed by atoms with Gasteiger partial charge in [0.1, 0.15) is 12.4 Å². The van der Waals surface area contributed by atoms with Crippen LogP contribution in [-0.4, -0.2) is 23.0 Å². The molecule has 2 aromatic carbocycles. The molecule has 2 aliphatic carbocycles. The lowest BCUT2D eigenvalue weighted by Gasteiger charge is -2.13. The number of amides is 2. The molecule has 2 aromatic rings. The van der Waals surface area contributed by atoms with Crippen molar-refractivity contribution in [3.8, 4) is 5.75 Å². The fourth-order valence-corrected chi connectivity index (χ4v) is 4.74. The number of nitrogens with zero attached hydrogens (tertiary/aromatic N) is 2. The molecule has 146 valence electrons. The molecule has 3 aliphatic rings. The Hall–Kier alpha value is -2.92. The standard InChI is InChI=1S/C23H19ClN2O3/c24-19-4-2-1-3-17(19)13-29-18-9-5-14(6-10-18)12-25-26-22(27)20-15-7-8-16(11-15)21(20)23(26)28/h1-10,12,15-16,20-21H,11,13H2/t15-,16-,20-,21+/m0/s1. The summed E-state index contributed by atoms with van der Waals surface area (Å²) in [5.74, 6) is 0.283. The van der Waals surface area contributed by atoms with Crippen molar-refractivity contribution in [3.05, 3.63) is 76.8 Å². The molecule has 1 saturated carbocycles. The summed E-state index contributed by atoms with van der Waals surface area (Å²) < 4.78 is 5.77. The molecule has 29 heavy (non-hydrogen) atoms. The molecular weight excluding hydrogens is 388 g/mol. The van der Waals surface area contributed by atoms with Crippen LogP contribution >= 0.6 is 11.6 Å². The number of ether oxygens (including phenoxy) is 1. The van der Waals surface area contributed by atoms with Crippen molar-refractivity contribution in [2.45, 2.75) is 13.0 Å². The van der Waals surface area contributed by atoms with E-state index in [-0.39, 0.29) is 35.5 Å². The number of carbonyl (C=O) groups excluding carboxylic acids is 2. The molecule has 0 unspecified atom stereocenters. The van der Waals surface area contributed by atoms with Gasteiger partial charge in [-0.1, -0.05) is 42.0 Å². The highest BCUT2D eigenvalue weighted by atomic mass is 35.5. The van der Waals surface area contributed by atoms with Crippen LogP contribution in [0.1, 0.15) is 17.5 Å². The zero-order valence-corrected chi connectivity index (χ0v) is 16.3. The zero-order chi connectivity index (χ0) is 20.0. The number of carbonyl (C=O) groups is 2. The first kappa shape index (κ1) is 18.1. The number of benzene rings is 2. The summed E-state index contributed by atoms with van der Waals surface area (Å²) in [5, 5.41) is 5.92. The van der Waals surface area contributed by atoms with E-state index in [9.17, 15) is 9.59 Å². The molecule has 2 amide bonds. The first-order valence-corrected chi connectivity index (χ1v) is 10.1. The second-order valence-electron chi connectivity index (χ2n) is 7.68. The van der Waals surface area contributed by atoms with Gasteiger partial charge in [-0.25, -0.2) is 0 Å². The normalized spacial score (nSPS) is 27.3. The Morgan fingerprint density at radius 1 is 1.00 bits per heavy atom. The minimum atomic E-state index is -0.227. The van der Waals surface area contributed by atoms with Crippen molar-refractivity contribution in [2.75, 3.05) is 0 Å². The summed E-state index contributed by atoms with van der Waals surface area (Å²) in [6, 6.07) is 14.9. The van der Waals surface area contributed by atoms with Gasteiger partial charge in [0.05, 0.1) is 18.1 Å². The number of fused-ring (bicyclic) bond motifs is 5. The average molecular weight is 407 g/mol. The van der Waals surface area contributed by atoms with Crippen LogP contribution in [0.5, 0.6) is 5.75 Å². The number of hydrogen-bond donors (Lipinski definition) is 0. The summed E-state index contributed by atoms with van der Waals surface area (Å²) in [4.78, 5) is 25.3. The fourth-order valence-electron chi connectivity index (χ4n) is 4.55. The molecular formula is C23H19ClN2O3. The highest BCUT2D eigenvalue weighted by Gasteiger charge is 2.59. The van der Waals surface area contributed by atoms with Crippen LogP contribution in [-0.2, 0) is 16.2 Å². The molecule has 5 rings (SSSR count). The molecule has 2 fully saturated rings. The topological polar surface area (TPSA) is 59.0 Å². The largest absolute Gasteiger partial charge is 0.489 e. The van der Waals surface area contributed by atoms with Gasteiger partial charge in [0, 0.05) is 10.6 Å². The van der Waals surface area contributed by atoms with Gasteiger partial charge in [0.25, 0.3) is 11.8 Å². The molecule has 0 N–H and O–H groups in total. The molecule has 0 spiro atoms. The van der Waals surface area contributed by atoms with E-state index in [4.69, 9.17) is 16.3 Å². The Morgan fingerprint density at radius 3 is 2.31 bits per heavy atom. The van der Waals surface area contributed by atoms with E-state index in [1.165, 1.54) is 0 Å². The summed E-state index contributed by atoms with van der Waals surface area (Å²) in [7, 11) is 0. The number of hydrazone groups is 1. The van der Waals surface area contributed by atoms with Gasteiger partial charge in [-0.05, 0) is 54.2 Å². The first-order valence-electron chi connectivity index (χ1n) is 9.68. The molecule has 1 aliphatic heterocycles. The summed E-state index contributed by atoms with van der Waals surface area (Å²) in [5.41, 5.74) is 1.70. The number of allylic oxidation sites excluding steroid dienone is 2. The van der Waals surface area contributed by atoms with E-state index < -0.39 is 0 Å². The predicted molar refractivity (Wildman–Crippen MR) is 109 cm³/mol. The van der Waals surface area contributed by atoms with Crippen molar-refractivity contribution in [1.29, 1.82) is 0 Å². The molecule has 0 aromatic heterocycles. The van der Waals surface area contributed by atoms with E-state index in [1.807, 2.05) is 48.5 Å². The van der Waals surface area contributed by atoms with Gasteiger partial charge in [-0.15, -0.1) is 0 Å². The van der Waals surface area contributed by atoms with Crippen molar-refractivity contribution >= 4 is 29.6 Å². The van der Waals surface area contributed by atoms with Gasteiger partial charge < -0.3 is 4.74 Å². The highest BCUT2D eigenvalue weighted by Crippen LogP contribution is 2.52. The highest BCUT2D eigenvalue weighted by molar-refractivity contribution is 6.31. The van der Waals surface area contributed by atoms with Crippen LogP contribution in [0.4, 0.5) is 0 Å². The van der Waals surface area contributed by atoms with Crippen LogP contribution in [0.2, 0.25) is 5.02 Å². The Labute approximate surface area is 173 Å².